The van der Waals surface area contributed by atoms with E-state index in [1.807, 2.05) is 13.2 Å². The van der Waals surface area contributed by atoms with Crippen molar-refractivity contribution in [1.29, 1.82) is 0 Å². The molecule has 6 heavy (non-hydrogen) atoms. The SMILES string of the molecule is CCOS(C)=S. The first-order valence-electron chi connectivity index (χ1n) is 1.74. The molecule has 0 aliphatic heterocycles. The number of rotatable bonds is 2. The third-order valence-electron chi connectivity index (χ3n) is 0.284. The minimum atomic E-state index is -0.232. The first kappa shape index (κ1) is 6.53. The Labute approximate surface area is 45.5 Å². The van der Waals surface area contributed by atoms with Crippen LogP contribution in [0, 0.1) is 0 Å². The lowest BCUT2D eigenvalue weighted by Gasteiger charge is -1.90. The molecule has 0 radical (unpaired) electrons. The maximum absolute atomic E-state index is 4.88. The molecule has 0 aliphatic rings. The molecule has 0 aromatic heterocycles. The van der Waals surface area contributed by atoms with Crippen molar-refractivity contribution in [3.8, 4) is 0 Å². The normalized spacial score (nSPS) is 14.3. The molecule has 0 amide bonds. The van der Waals surface area contributed by atoms with Crippen molar-refractivity contribution in [2.75, 3.05) is 12.9 Å². The second-order valence-corrected chi connectivity index (χ2v) is 3.25. The summed E-state index contributed by atoms with van der Waals surface area (Å²) in [4.78, 5) is 0. The molecule has 0 saturated carbocycles. The van der Waals surface area contributed by atoms with Crippen LogP contribution in [0.1, 0.15) is 6.92 Å². The molecule has 3 heteroatoms. The van der Waals surface area contributed by atoms with E-state index in [0.29, 0.717) is 0 Å². The molecule has 0 saturated heterocycles. The fourth-order valence-electron chi connectivity index (χ4n) is 0.166. The lowest BCUT2D eigenvalue weighted by atomic mass is 10.9. The molecule has 0 spiro atoms. The highest BCUT2D eigenvalue weighted by atomic mass is 32.8. The van der Waals surface area contributed by atoms with Crippen molar-refractivity contribution in [2.45, 2.75) is 6.92 Å². The fraction of sp³-hybridized carbons (Fsp3) is 1.00. The van der Waals surface area contributed by atoms with Crippen LogP contribution in [0.4, 0.5) is 0 Å². The Balaban J connectivity index is 2.83. The topological polar surface area (TPSA) is 9.23 Å². The molecule has 1 unspecified atom stereocenters. The van der Waals surface area contributed by atoms with E-state index in [2.05, 4.69) is 11.2 Å². The average molecular weight is 124 g/mol. The molecular formula is C3H8OS2. The van der Waals surface area contributed by atoms with Crippen LogP contribution >= 0.6 is 0 Å². The highest BCUT2D eigenvalue weighted by Gasteiger charge is 1.74. The van der Waals surface area contributed by atoms with Gasteiger partial charge in [-0.05, 0) is 18.1 Å². The molecule has 0 fully saturated rings. The van der Waals surface area contributed by atoms with Gasteiger partial charge in [-0.2, -0.15) is 0 Å². The van der Waals surface area contributed by atoms with E-state index >= 15 is 0 Å². The summed E-state index contributed by atoms with van der Waals surface area (Å²) < 4.78 is 4.88. The molecule has 0 aliphatic carbocycles. The van der Waals surface area contributed by atoms with Gasteiger partial charge in [0.25, 0.3) is 0 Å². The smallest absolute Gasteiger partial charge is 0.0588 e. The summed E-state index contributed by atoms with van der Waals surface area (Å²) in [6.07, 6.45) is 1.87. The van der Waals surface area contributed by atoms with Crippen molar-refractivity contribution in [3.63, 3.8) is 0 Å². The first-order chi connectivity index (χ1) is 2.77. The summed E-state index contributed by atoms with van der Waals surface area (Å²) in [7, 11) is -0.232. The standard InChI is InChI=1S/C3H8OS2/c1-3-4-6(2)5/h3H2,1-2H3. The second-order valence-electron chi connectivity index (χ2n) is 0.808. The lowest BCUT2D eigenvalue weighted by molar-refractivity contribution is 0.399. The van der Waals surface area contributed by atoms with E-state index in [4.69, 9.17) is 4.18 Å². The van der Waals surface area contributed by atoms with Crippen molar-refractivity contribution in [3.05, 3.63) is 0 Å². The molecule has 38 valence electrons. The zero-order valence-corrected chi connectivity index (χ0v) is 5.56. The van der Waals surface area contributed by atoms with E-state index in [1.165, 1.54) is 0 Å². The summed E-state index contributed by atoms with van der Waals surface area (Å²) in [6, 6.07) is 0. The first-order valence-corrected chi connectivity index (χ1v) is 4.22. The molecule has 0 aromatic rings. The van der Waals surface area contributed by atoms with E-state index in [9.17, 15) is 0 Å². The molecule has 0 bridgehead atoms. The monoisotopic (exact) mass is 124 g/mol. The van der Waals surface area contributed by atoms with Gasteiger partial charge in [0.05, 0.1) is 6.61 Å². The molecule has 0 rings (SSSR count). The molecule has 0 aromatic carbocycles. The van der Waals surface area contributed by atoms with Crippen LogP contribution in [0.5, 0.6) is 0 Å². The van der Waals surface area contributed by atoms with Gasteiger partial charge in [-0.1, -0.05) is 0 Å². The van der Waals surface area contributed by atoms with Crippen molar-refractivity contribution >= 4 is 20.9 Å². The Morgan fingerprint density at radius 2 is 2.33 bits per heavy atom. The summed E-state index contributed by atoms with van der Waals surface area (Å²) in [6.45, 7) is 2.68. The van der Waals surface area contributed by atoms with Crippen LogP contribution in [0.3, 0.4) is 0 Å². The highest BCUT2D eigenvalue weighted by molar-refractivity contribution is 8.25. The maximum atomic E-state index is 4.88. The zero-order valence-electron chi connectivity index (χ0n) is 3.93. The quantitative estimate of drug-likeness (QED) is 0.534. The Morgan fingerprint density at radius 1 is 1.83 bits per heavy atom. The summed E-state index contributed by atoms with van der Waals surface area (Å²) >= 11 is 4.68. The third kappa shape index (κ3) is 4.53. The minimum Gasteiger partial charge on any atom is -0.313 e. The van der Waals surface area contributed by atoms with Crippen molar-refractivity contribution < 1.29 is 4.18 Å². The predicted molar refractivity (Wildman–Crippen MR) is 32.3 cm³/mol. The Bertz CT molecular complexity index is 52.8. The molecule has 1 atom stereocenters. The van der Waals surface area contributed by atoms with E-state index in [1.54, 1.807) is 0 Å². The van der Waals surface area contributed by atoms with Crippen LogP contribution in [0.25, 0.3) is 0 Å². The van der Waals surface area contributed by atoms with E-state index in [0.717, 1.165) is 6.61 Å². The van der Waals surface area contributed by atoms with Crippen molar-refractivity contribution in [1.82, 2.24) is 0 Å². The lowest BCUT2D eigenvalue weighted by Crippen LogP contribution is -1.88. The fourth-order valence-corrected chi connectivity index (χ4v) is 0.787. The van der Waals surface area contributed by atoms with Gasteiger partial charge in [-0.15, -0.1) is 0 Å². The van der Waals surface area contributed by atoms with Gasteiger partial charge in [0, 0.05) is 16.0 Å². The Kier molecular flexibility index (Phi) is 4.04. The van der Waals surface area contributed by atoms with Crippen LogP contribution in [0.15, 0.2) is 0 Å². The van der Waals surface area contributed by atoms with Gasteiger partial charge < -0.3 is 4.18 Å². The predicted octanol–water partition coefficient (Wildman–Crippen LogP) is 0.648. The van der Waals surface area contributed by atoms with E-state index in [-0.39, 0.29) is 9.74 Å². The average Bonchev–Trinajstić information content (AvgIpc) is 1.35. The third-order valence-corrected chi connectivity index (χ3v) is 1.14. The van der Waals surface area contributed by atoms with Gasteiger partial charge in [0.15, 0.2) is 0 Å². The van der Waals surface area contributed by atoms with Crippen molar-refractivity contribution in [2.24, 2.45) is 0 Å². The van der Waals surface area contributed by atoms with Gasteiger partial charge in [-0.3, -0.25) is 0 Å². The maximum Gasteiger partial charge on any atom is 0.0588 e. The van der Waals surface area contributed by atoms with Gasteiger partial charge in [-0.25, -0.2) is 0 Å². The number of hydrogen-bond donors (Lipinski definition) is 0. The van der Waals surface area contributed by atoms with Crippen LogP contribution < -0.4 is 0 Å². The van der Waals surface area contributed by atoms with Crippen LogP contribution in [-0.4, -0.2) is 12.9 Å². The largest absolute Gasteiger partial charge is 0.313 e. The molecular weight excluding hydrogens is 116 g/mol. The molecule has 0 heterocycles. The summed E-state index contributed by atoms with van der Waals surface area (Å²) in [5.41, 5.74) is 0. The highest BCUT2D eigenvalue weighted by Crippen LogP contribution is 1.75. The van der Waals surface area contributed by atoms with Gasteiger partial charge >= 0.3 is 0 Å². The van der Waals surface area contributed by atoms with Gasteiger partial charge in [0.2, 0.25) is 0 Å². The Hall–Kier alpha value is 0.530. The molecule has 0 N–H and O–H groups in total. The van der Waals surface area contributed by atoms with Gasteiger partial charge in [0.1, 0.15) is 0 Å². The number of hydrogen-bond acceptors (Lipinski definition) is 2. The van der Waals surface area contributed by atoms with E-state index < -0.39 is 0 Å². The zero-order chi connectivity index (χ0) is 4.99. The second kappa shape index (κ2) is 3.71. The Morgan fingerprint density at radius 3 is 2.33 bits per heavy atom. The van der Waals surface area contributed by atoms with Crippen LogP contribution in [-0.2, 0) is 25.1 Å². The summed E-state index contributed by atoms with van der Waals surface area (Å²) in [5.74, 6) is 0. The van der Waals surface area contributed by atoms with Crippen LogP contribution in [0.2, 0.25) is 0 Å². The summed E-state index contributed by atoms with van der Waals surface area (Å²) in [5, 5.41) is 0. The minimum absolute atomic E-state index is 0.232. The molecule has 1 nitrogen and oxygen atoms in total.